The second-order valence-electron chi connectivity index (χ2n) is 7.57. The average molecular weight is 479 g/mol. The van der Waals surface area contributed by atoms with Crippen LogP contribution < -0.4 is 15.0 Å². The topological polar surface area (TPSA) is 84.4 Å². The summed E-state index contributed by atoms with van der Waals surface area (Å²) in [6.07, 6.45) is 4.58. The number of benzene rings is 3. The monoisotopic (exact) mass is 478 g/mol. The molecular weight excluding hydrogens is 460 g/mol. The first-order chi connectivity index (χ1) is 17.1. The highest BCUT2D eigenvalue weighted by Gasteiger charge is 2.34. The zero-order valence-corrected chi connectivity index (χ0v) is 19.1. The van der Waals surface area contributed by atoms with E-state index in [1.165, 1.54) is 11.0 Å². The van der Waals surface area contributed by atoms with Gasteiger partial charge in [-0.3, -0.25) is 19.8 Å². The molecule has 1 fully saturated rings. The summed E-state index contributed by atoms with van der Waals surface area (Å²) >= 11 is 5.28. The Morgan fingerprint density at radius 1 is 0.800 bits per heavy atom. The van der Waals surface area contributed by atoms with E-state index in [1.807, 2.05) is 60.7 Å². The van der Waals surface area contributed by atoms with E-state index in [9.17, 15) is 9.59 Å². The third kappa shape index (κ3) is 4.83. The van der Waals surface area contributed by atoms with Gasteiger partial charge in [0.1, 0.15) is 17.1 Å². The van der Waals surface area contributed by atoms with Gasteiger partial charge in [0.2, 0.25) is 0 Å². The fourth-order valence-corrected chi connectivity index (χ4v) is 3.78. The largest absolute Gasteiger partial charge is 0.457 e. The maximum absolute atomic E-state index is 13.3. The van der Waals surface area contributed by atoms with Gasteiger partial charge in [0.05, 0.1) is 5.69 Å². The predicted molar refractivity (Wildman–Crippen MR) is 137 cm³/mol. The Bertz CT molecular complexity index is 1420. The van der Waals surface area contributed by atoms with Gasteiger partial charge < -0.3 is 4.74 Å². The summed E-state index contributed by atoms with van der Waals surface area (Å²) in [5.74, 6) is 0.733. The summed E-state index contributed by atoms with van der Waals surface area (Å²) in [5.41, 5.74) is 1.82. The van der Waals surface area contributed by atoms with Crippen LogP contribution >= 0.6 is 12.2 Å². The van der Waals surface area contributed by atoms with Gasteiger partial charge in [0, 0.05) is 23.5 Å². The van der Waals surface area contributed by atoms with Gasteiger partial charge in [-0.1, -0.05) is 48.5 Å². The Labute approximate surface area is 206 Å². The molecule has 1 aromatic heterocycles. The van der Waals surface area contributed by atoms with Crippen LogP contribution in [0.5, 0.6) is 11.5 Å². The molecule has 7 nitrogen and oxygen atoms in total. The summed E-state index contributed by atoms with van der Waals surface area (Å²) in [6.45, 7) is 0. The quantitative estimate of drug-likeness (QED) is 0.253. The molecular formula is C27H18N4O3S. The smallest absolute Gasteiger partial charge is 0.270 e. The molecule has 1 aliphatic rings. The van der Waals surface area contributed by atoms with Crippen molar-refractivity contribution in [3.8, 4) is 22.9 Å². The minimum Gasteiger partial charge on any atom is -0.457 e. The molecule has 2 amide bonds. The second kappa shape index (κ2) is 9.66. The number of para-hydroxylation sites is 1. The summed E-state index contributed by atoms with van der Waals surface area (Å²) in [7, 11) is 0. The maximum atomic E-state index is 13.3. The lowest BCUT2D eigenvalue weighted by atomic mass is 10.1. The van der Waals surface area contributed by atoms with Crippen molar-refractivity contribution in [3.05, 3.63) is 108 Å². The lowest BCUT2D eigenvalue weighted by Gasteiger charge is -2.29. The van der Waals surface area contributed by atoms with Gasteiger partial charge in [0.15, 0.2) is 10.9 Å². The van der Waals surface area contributed by atoms with E-state index in [-0.39, 0.29) is 10.7 Å². The van der Waals surface area contributed by atoms with E-state index in [4.69, 9.17) is 17.0 Å². The molecule has 5 rings (SSSR count). The van der Waals surface area contributed by atoms with Gasteiger partial charge in [-0.05, 0) is 54.7 Å². The molecule has 3 aromatic carbocycles. The molecule has 8 heteroatoms. The number of rotatable bonds is 5. The number of aromatic nitrogens is 2. The number of nitrogens with zero attached hydrogens (tertiary/aromatic N) is 3. The molecule has 0 aliphatic carbocycles. The number of anilines is 1. The van der Waals surface area contributed by atoms with Gasteiger partial charge in [-0.15, -0.1) is 0 Å². The van der Waals surface area contributed by atoms with E-state index in [1.54, 1.807) is 36.7 Å². The van der Waals surface area contributed by atoms with Crippen LogP contribution in [0.25, 0.3) is 17.5 Å². The number of amides is 2. The molecule has 170 valence electrons. The van der Waals surface area contributed by atoms with Crippen molar-refractivity contribution in [2.24, 2.45) is 0 Å². The Kier molecular flexibility index (Phi) is 6.11. The number of ether oxygens (including phenoxy) is 1. The van der Waals surface area contributed by atoms with Crippen molar-refractivity contribution >= 4 is 40.9 Å². The normalized spacial score (nSPS) is 14.7. The van der Waals surface area contributed by atoms with Crippen LogP contribution in [0, 0.1) is 0 Å². The molecule has 0 bridgehead atoms. The number of hydrogen-bond acceptors (Lipinski definition) is 6. The molecule has 0 spiro atoms. The Hall–Kier alpha value is -4.69. The van der Waals surface area contributed by atoms with Gasteiger partial charge in [0.25, 0.3) is 11.8 Å². The van der Waals surface area contributed by atoms with Crippen molar-refractivity contribution in [2.45, 2.75) is 0 Å². The standard InChI is InChI=1S/C27H18N4O3S/c32-25-23(15-18-16-28-24(29-17-18)19-7-3-1-4-8-19)26(33)31(27(35)30-25)20-11-13-22(14-12-20)34-21-9-5-2-6-10-21/h1-17H,(H,30,32,35)/b23-15+. The van der Waals surface area contributed by atoms with Crippen molar-refractivity contribution in [1.82, 2.24) is 15.3 Å². The van der Waals surface area contributed by atoms with Gasteiger partial charge in [-0.25, -0.2) is 9.97 Å². The molecule has 1 saturated heterocycles. The highest BCUT2D eigenvalue weighted by molar-refractivity contribution is 7.80. The minimum absolute atomic E-state index is 0.00422. The third-order valence-electron chi connectivity index (χ3n) is 5.19. The molecule has 0 radical (unpaired) electrons. The first-order valence-corrected chi connectivity index (χ1v) is 11.1. The zero-order valence-electron chi connectivity index (χ0n) is 18.3. The summed E-state index contributed by atoms with van der Waals surface area (Å²) in [6, 6.07) is 25.7. The summed E-state index contributed by atoms with van der Waals surface area (Å²) in [5, 5.41) is 2.58. The highest BCUT2D eigenvalue weighted by atomic mass is 32.1. The average Bonchev–Trinajstić information content (AvgIpc) is 2.89. The van der Waals surface area contributed by atoms with Crippen LogP contribution in [0.1, 0.15) is 5.56 Å². The molecule has 0 unspecified atom stereocenters. The number of carbonyl (C=O) groups is 2. The summed E-state index contributed by atoms with van der Waals surface area (Å²) in [4.78, 5) is 35.8. The molecule has 1 aliphatic heterocycles. The Balaban J connectivity index is 1.38. The molecule has 0 saturated carbocycles. The first-order valence-electron chi connectivity index (χ1n) is 10.7. The van der Waals surface area contributed by atoms with Crippen LogP contribution in [-0.2, 0) is 9.59 Å². The number of thiocarbonyl (C=S) groups is 1. The maximum Gasteiger partial charge on any atom is 0.270 e. The molecule has 2 heterocycles. The molecule has 1 N–H and O–H groups in total. The van der Waals surface area contributed by atoms with Crippen molar-refractivity contribution in [1.29, 1.82) is 0 Å². The van der Waals surface area contributed by atoms with Crippen molar-refractivity contribution < 1.29 is 14.3 Å². The predicted octanol–water partition coefficient (Wildman–Crippen LogP) is 4.77. The van der Waals surface area contributed by atoms with E-state index in [0.717, 1.165) is 5.56 Å². The van der Waals surface area contributed by atoms with Crippen LogP contribution in [0.15, 0.2) is 103 Å². The molecule has 35 heavy (non-hydrogen) atoms. The lowest BCUT2D eigenvalue weighted by molar-refractivity contribution is -0.122. The fourth-order valence-electron chi connectivity index (χ4n) is 3.50. The van der Waals surface area contributed by atoms with E-state index >= 15 is 0 Å². The lowest BCUT2D eigenvalue weighted by Crippen LogP contribution is -2.54. The first kappa shape index (κ1) is 22.1. The van der Waals surface area contributed by atoms with Crippen LogP contribution in [0.3, 0.4) is 0 Å². The number of hydrogen-bond donors (Lipinski definition) is 1. The Morgan fingerprint density at radius 2 is 1.40 bits per heavy atom. The van der Waals surface area contributed by atoms with Crippen LogP contribution in [0.4, 0.5) is 5.69 Å². The van der Waals surface area contributed by atoms with Gasteiger partial charge in [-0.2, -0.15) is 0 Å². The molecule has 0 atom stereocenters. The van der Waals surface area contributed by atoms with E-state index in [2.05, 4.69) is 15.3 Å². The second-order valence-corrected chi connectivity index (χ2v) is 7.96. The van der Waals surface area contributed by atoms with Crippen molar-refractivity contribution in [2.75, 3.05) is 4.90 Å². The SMILES string of the molecule is O=C1NC(=S)N(c2ccc(Oc3ccccc3)cc2)C(=O)/C1=C/c1cnc(-c2ccccc2)nc1. The highest BCUT2D eigenvalue weighted by Crippen LogP contribution is 2.27. The van der Waals surface area contributed by atoms with Gasteiger partial charge >= 0.3 is 0 Å². The summed E-state index contributed by atoms with van der Waals surface area (Å²) < 4.78 is 5.80. The van der Waals surface area contributed by atoms with Crippen LogP contribution in [-0.4, -0.2) is 26.9 Å². The Morgan fingerprint density at radius 3 is 2.06 bits per heavy atom. The fraction of sp³-hybridized carbons (Fsp3) is 0. The van der Waals surface area contributed by atoms with Crippen molar-refractivity contribution in [3.63, 3.8) is 0 Å². The zero-order chi connectivity index (χ0) is 24.2. The third-order valence-corrected chi connectivity index (χ3v) is 5.47. The minimum atomic E-state index is -0.576. The van der Waals surface area contributed by atoms with E-state index < -0.39 is 11.8 Å². The van der Waals surface area contributed by atoms with Crippen LogP contribution in [0.2, 0.25) is 0 Å². The number of nitrogens with one attached hydrogen (secondary N) is 1. The number of carbonyl (C=O) groups excluding carboxylic acids is 2. The van der Waals surface area contributed by atoms with E-state index in [0.29, 0.717) is 28.6 Å². The molecule has 4 aromatic rings.